The smallest absolute Gasteiger partial charge is 0.404 e. The van der Waals surface area contributed by atoms with E-state index in [1.807, 2.05) is 85.4 Å². The van der Waals surface area contributed by atoms with E-state index in [2.05, 4.69) is 15.3 Å². The van der Waals surface area contributed by atoms with Crippen LogP contribution >= 0.6 is 0 Å². The summed E-state index contributed by atoms with van der Waals surface area (Å²) < 4.78 is 96.0. The molecule has 2 saturated heterocycles. The Bertz CT molecular complexity index is 3090. The molecule has 0 radical (unpaired) electrons. The number of alkyl halides is 6. The number of aromatic amines is 2. The number of piperidine rings is 2. The number of likely N-dealkylation sites (tertiary alicyclic amines) is 1. The van der Waals surface area contributed by atoms with E-state index < -0.39 is 24.4 Å². The first kappa shape index (κ1) is 54.6. The van der Waals surface area contributed by atoms with E-state index in [9.17, 15) is 45.5 Å². The Kier molecular flexibility index (Phi) is 16.6. The van der Waals surface area contributed by atoms with Gasteiger partial charge in [0.2, 0.25) is 0 Å². The molecular formula is C55H66F6N6O6. The summed E-state index contributed by atoms with van der Waals surface area (Å²) in [5.74, 6) is 0.292. The van der Waals surface area contributed by atoms with Gasteiger partial charge in [0.1, 0.15) is 23.6 Å². The largest absolute Gasteiger partial charge is 0.496 e. The molecule has 0 aliphatic carbocycles. The minimum Gasteiger partial charge on any atom is -0.496 e. The van der Waals surface area contributed by atoms with Crippen molar-refractivity contribution >= 4 is 33.4 Å². The molecule has 0 saturated carbocycles. The van der Waals surface area contributed by atoms with Crippen LogP contribution in [0.5, 0.6) is 11.5 Å². The number of pyridine rings is 2. The van der Waals surface area contributed by atoms with Crippen LogP contribution < -0.4 is 25.9 Å². The molecule has 6 heterocycles. The van der Waals surface area contributed by atoms with E-state index in [-0.39, 0.29) is 85.1 Å². The Hall–Kier alpha value is -6.14. The maximum absolute atomic E-state index is 13.7. The molecule has 73 heavy (non-hydrogen) atoms. The van der Waals surface area contributed by atoms with Gasteiger partial charge in [-0.15, -0.1) is 0 Å². The Balaban J connectivity index is 0.000000214. The third-order valence-corrected chi connectivity index (χ3v) is 15.3. The van der Waals surface area contributed by atoms with Crippen LogP contribution in [0.1, 0.15) is 119 Å². The number of ketones is 2. The number of halogens is 6. The first-order chi connectivity index (χ1) is 34.5. The number of rotatable bonds is 14. The number of aryl methyl sites for hydroxylation is 2. The fourth-order valence-corrected chi connectivity index (χ4v) is 11.5. The van der Waals surface area contributed by atoms with E-state index >= 15 is 0 Å². The molecule has 394 valence electrons. The first-order valence-corrected chi connectivity index (χ1v) is 24.8. The second-order valence-corrected chi connectivity index (χ2v) is 19.8. The summed E-state index contributed by atoms with van der Waals surface area (Å²) in [5.41, 5.74) is 5.88. The van der Waals surface area contributed by atoms with Crippen LogP contribution in [0.15, 0.2) is 70.3 Å². The van der Waals surface area contributed by atoms with E-state index in [0.717, 1.165) is 33.2 Å². The van der Waals surface area contributed by atoms with Gasteiger partial charge in [-0.05, 0) is 136 Å². The number of nitrogens with zero attached hydrogens (tertiary/aromatic N) is 3. The number of methoxy groups -OCH3 is 2. The van der Waals surface area contributed by atoms with Crippen LogP contribution in [0.2, 0.25) is 0 Å². The van der Waals surface area contributed by atoms with Gasteiger partial charge in [-0.25, -0.2) is 0 Å². The van der Waals surface area contributed by atoms with Gasteiger partial charge in [-0.1, -0.05) is 36.4 Å². The maximum Gasteiger partial charge on any atom is 0.404 e. The topological polar surface area (TPSA) is 143 Å². The molecule has 0 spiro atoms. The molecule has 4 aromatic heterocycles. The zero-order valence-corrected chi connectivity index (χ0v) is 42.9. The molecule has 2 aromatic carbocycles. The van der Waals surface area contributed by atoms with Gasteiger partial charge >= 0.3 is 12.4 Å². The highest BCUT2D eigenvalue weighted by molar-refractivity contribution is 6.10. The molecular weight excluding hydrogens is 955 g/mol. The number of ether oxygens (including phenoxy) is 2. The lowest BCUT2D eigenvalue weighted by atomic mass is 9.85. The fraction of sp³-hybridized carbons (Fsp3) is 0.491. The van der Waals surface area contributed by atoms with Crippen molar-refractivity contribution in [3.8, 4) is 11.5 Å². The molecule has 18 heteroatoms. The summed E-state index contributed by atoms with van der Waals surface area (Å²) in [4.78, 5) is 58.9. The average Bonchev–Trinajstić information content (AvgIpc) is 3.81. The Morgan fingerprint density at radius 1 is 0.671 bits per heavy atom. The molecule has 6 unspecified atom stereocenters. The van der Waals surface area contributed by atoms with Crippen LogP contribution in [0.3, 0.4) is 0 Å². The zero-order chi connectivity index (χ0) is 53.3. The number of hydrogen-bond acceptors (Lipinski definition) is 8. The van der Waals surface area contributed by atoms with E-state index in [1.54, 1.807) is 26.0 Å². The second kappa shape index (κ2) is 22.1. The van der Waals surface area contributed by atoms with Crippen LogP contribution in [-0.4, -0.2) is 94.4 Å². The molecule has 12 nitrogen and oxygen atoms in total. The van der Waals surface area contributed by atoms with Gasteiger partial charge in [-0.2, -0.15) is 26.3 Å². The number of fused-ring (bicyclic) bond motifs is 2. The van der Waals surface area contributed by atoms with Crippen molar-refractivity contribution in [1.29, 1.82) is 0 Å². The van der Waals surface area contributed by atoms with Crippen LogP contribution in [0.25, 0.3) is 21.8 Å². The number of H-pyrrole nitrogens is 2. The molecule has 2 aliphatic heterocycles. The van der Waals surface area contributed by atoms with Gasteiger partial charge in [0.15, 0.2) is 11.6 Å². The molecule has 6 atom stereocenters. The summed E-state index contributed by atoms with van der Waals surface area (Å²) in [6, 6.07) is 15.1. The molecule has 8 rings (SSSR count). The SMILES string of the molecule is COc1cc(C)[nH]c(=O)c1CCC(=O)c1c(C)n(C(C)C2CCN(C)C(C(F)(F)F)C2)c2ccccc12.COc1cc(C)[nH]c(=O)c1CCC(=O)c1c(C)n(C(C)C2CCNC(C(F)(F)F)C2)c2ccccc12. The van der Waals surface area contributed by atoms with Gasteiger partial charge in [0, 0.05) is 80.6 Å². The lowest BCUT2D eigenvalue weighted by molar-refractivity contribution is -0.192. The van der Waals surface area contributed by atoms with Gasteiger partial charge in [0.25, 0.3) is 11.1 Å². The van der Waals surface area contributed by atoms with Gasteiger partial charge in [-0.3, -0.25) is 24.1 Å². The van der Waals surface area contributed by atoms with Crippen LogP contribution in [0.4, 0.5) is 26.3 Å². The monoisotopic (exact) mass is 1020 g/mol. The van der Waals surface area contributed by atoms with Gasteiger partial charge < -0.3 is 33.9 Å². The minimum atomic E-state index is -4.29. The number of carbonyl (C=O) groups is 2. The zero-order valence-electron chi connectivity index (χ0n) is 42.9. The van der Waals surface area contributed by atoms with Crippen molar-refractivity contribution < 1.29 is 45.4 Å². The lowest BCUT2D eigenvalue weighted by Gasteiger charge is -2.40. The quantitative estimate of drug-likeness (QED) is 0.0723. The number of Topliss-reactive ketones (excluding diaryl/α,β-unsaturated/α-hetero) is 2. The highest BCUT2D eigenvalue weighted by Crippen LogP contribution is 2.42. The summed E-state index contributed by atoms with van der Waals surface area (Å²) in [6.45, 7) is 11.8. The summed E-state index contributed by atoms with van der Waals surface area (Å²) in [6.07, 6.45) is -6.64. The van der Waals surface area contributed by atoms with Crippen molar-refractivity contribution in [3.05, 3.63) is 126 Å². The van der Waals surface area contributed by atoms with Crippen molar-refractivity contribution in [1.82, 2.24) is 29.3 Å². The van der Waals surface area contributed by atoms with Gasteiger partial charge in [0.05, 0.1) is 25.3 Å². The van der Waals surface area contributed by atoms with Crippen LogP contribution in [0, 0.1) is 39.5 Å². The summed E-state index contributed by atoms with van der Waals surface area (Å²) >= 11 is 0. The Labute approximate surface area is 420 Å². The summed E-state index contributed by atoms with van der Waals surface area (Å²) in [7, 11) is 4.51. The number of hydrogen-bond donors (Lipinski definition) is 3. The molecule has 0 bridgehead atoms. The standard InChI is InChI=1S/C28H34F3N3O3.C27H32F3N3O3/c1-16-14-24(37-5)21(27(36)32-16)10-11-23(35)26-18(3)34(22-9-7-6-8-20(22)26)17(2)19-12-13-33(4)25(15-19)28(29,30)31;1-15-13-23(36-4)20(26(35)32-15)9-10-22(34)25-17(3)33(21-8-6-5-7-19(21)25)16(2)18-11-12-31-24(14-18)27(28,29)30/h6-9,14,17,19,25H,10-13,15H2,1-5H3,(H,32,36);5-8,13,16,18,24,31H,9-12,14H2,1-4H3,(H,32,35). The maximum atomic E-state index is 13.7. The highest BCUT2D eigenvalue weighted by atomic mass is 19.4. The van der Waals surface area contributed by atoms with Crippen molar-refractivity contribution in [2.45, 2.75) is 129 Å². The van der Waals surface area contributed by atoms with E-state index in [1.165, 1.54) is 26.2 Å². The Morgan fingerprint density at radius 2 is 1.11 bits per heavy atom. The van der Waals surface area contributed by atoms with E-state index in [0.29, 0.717) is 71.1 Å². The van der Waals surface area contributed by atoms with Crippen LogP contribution in [-0.2, 0) is 12.8 Å². The first-order valence-electron chi connectivity index (χ1n) is 24.8. The number of benzene rings is 2. The second-order valence-electron chi connectivity index (χ2n) is 19.8. The molecule has 6 aromatic rings. The predicted octanol–water partition coefficient (Wildman–Crippen LogP) is 10.9. The number of aromatic nitrogens is 4. The lowest BCUT2D eigenvalue weighted by Crippen LogP contribution is -2.49. The normalized spacial score (nSPS) is 19.6. The highest BCUT2D eigenvalue weighted by Gasteiger charge is 2.47. The fourth-order valence-electron chi connectivity index (χ4n) is 11.5. The van der Waals surface area contributed by atoms with Crippen molar-refractivity contribution in [2.75, 3.05) is 34.4 Å². The Morgan fingerprint density at radius 3 is 1.53 bits per heavy atom. The number of nitrogens with one attached hydrogen (secondary N) is 3. The molecule has 2 fully saturated rings. The van der Waals surface area contributed by atoms with E-state index in [4.69, 9.17) is 9.47 Å². The molecule has 3 N–H and O–H groups in total. The average molecular weight is 1020 g/mol. The molecule has 0 amide bonds. The third kappa shape index (κ3) is 11.5. The van der Waals surface area contributed by atoms with Crippen molar-refractivity contribution in [2.24, 2.45) is 11.8 Å². The predicted molar refractivity (Wildman–Crippen MR) is 271 cm³/mol. The summed E-state index contributed by atoms with van der Waals surface area (Å²) in [5, 5.41) is 4.15. The van der Waals surface area contributed by atoms with Crippen molar-refractivity contribution in [3.63, 3.8) is 0 Å². The number of carbonyl (C=O) groups excluding carboxylic acids is 2. The number of para-hydroxylation sites is 2. The third-order valence-electron chi connectivity index (χ3n) is 15.3. The minimum absolute atomic E-state index is 0.00408. The molecule has 2 aliphatic rings.